The van der Waals surface area contributed by atoms with E-state index >= 15 is 0 Å². The molecule has 0 aliphatic rings. The summed E-state index contributed by atoms with van der Waals surface area (Å²) in [5.41, 5.74) is 3.82. The van der Waals surface area contributed by atoms with E-state index in [0.717, 1.165) is 16.8 Å². The first-order chi connectivity index (χ1) is 14.5. The molecule has 0 radical (unpaired) electrons. The zero-order chi connectivity index (χ0) is 21.5. The summed E-state index contributed by atoms with van der Waals surface area (Å²) in [7, 11) is 5.65. The molecule has 0 saturated carbocycles. The van der Waals surface area contributed by atoms with Crippen LogP contribution >= 0.6 is 24.0 Å². The molecule has 1 unspecified atom stereocenters. The summed E-state index contributed by atoms with van der Waals surface area (Å²) in [5, 5.41) is 6.54. The Balaban J connectivity index is 0.00000341. The number of hydrogen-bond donors (Lipinski definition) is 2. The maximum absolute atomic E-state index is 13.6. The Morgan fingerprint density at radius 1 is 1.16 bits per heavy atom. The van der Waals surface area contributed by atoms with Crippen LogP contribution in [-0.2, 0) is 6.54 Å². The second kappa shape index (κ2) is 11.8. The van der Waals surface area contributed by atoms with Crippen molar-refractivity contribution in [2.75, 3.05) is 27.7 Å². The van der Waals surface area contributed by atoms with Gasteiger partial charge in [-0.3, -0.25) is 4.99 Å². The molecule has 1 heterocycles. The minimum Gasteiger partial charge on any atom is -0.444 e. The number of nitrogens with one attached hydrogen (secondary N) is 2. The summed E-state index contributed by atoms with van der Waals surface area (Å²) >= 11 is 0. The van der Waals surface area contributed by atoms with Crippen LogP contribution in [-0.4, -0.2) is 43.5 Å². The van der Waals surface area contributed by atoms with Crippen LogP contribution in [0, 0.1) is 12.7 Å². The van der Waals surface area contributed by atoms with Crippen molar-refractivity contribution in [3.63, 3.8) is 0 Å². The fourth-order valence-electron chi connectivity index (χ4n) is 3.12. The number of benzene rings is 2. The van der Waals surface area contributed by atoms with Crippen LogP contribution in [0.25, 0.3) is 11.5 Å². The van der Waals surface area contributed by atoms with E-state index in [4.69, 9.17) is 4.42 Å². The summed E-state index contributed by atoms with van der Waals surface area (Å²) in [6.07, 6.45) is 1.64. The first kappa shape index (κ1) is 24.8. The van der Waals surface area contributed by atoms with E-state index in [1.54, 1.807) is 25.4 Å². The van der Waals surface area contributed by atoms with Crippen LogP contribution in [0.3, 0.4) is 0 Å². The fraction of sp³-hybridized carbons (Fsp3) is 0.304. The van der Waals surface area contributed by atoms with Gasteiger partial charge in [0.15, 0.2) is 5.96 Å². The number of aliphatic imine (C=N–C) groups is 1. The molecule has 3 rings (SSSR count). The number of nitrogens with zero attached hydrogens (tertiary/aromatic N) is 3. The van der Waals surface area contributed by atoms with Gasteiger partial charge in [-0.1, -0.05) is 29.8 Å². The zero-order valence-electron chi connectivity index (χ0n) is 18.2. The average molecular weight is 537 g/mol. The normalized spacial score (nSPS) is 12.4. The van der Waals surface area contributed by atoms with Gasteiger partial charge in [0.25, 0.3) is 0 Å². The number of aromatic nitrogens is 1. The van der Waals surface area contributed by atoms with Crippen molar-refractivity contribution >= 4 is 29.9 Å². The maximum atomic E-state index is 13.6. The van der Waals surface area contributed by atoms with E-state index in [2.05, 4.69) is 20.6 Å². The maximum Gasteiger partial charge on any atom is 0.226 e. The van der Waals surface area contributed by atoms with Gasteiger partial charge in [-0.2, -0.15) is 0 Å². The van der Waals surface area contributed by atoms with Crippen molar-refractivity contribution in [3.8, 4) is 11.5 Å². The van der Waals surface area contributed by atoms with Crippen LogP contribution < -0.4 is 10.6 Å². The van der Waals surface area contributed by atoms with Crippen molar-refractivity contribution in [2.24, 2.45) is 4.99 Å². The Morgan fingerprint density at radius 3 is 2.55 bits per heavy atom. The van der Waals surface area contributed by atoms with E-state index in [0.29, 0.717) is 24.9 Å². The number of guanidine groups is 1. The van der Waals surface area contributed by atoms with E-state index in [1.807, 2.05) is 56.3 Å². The molecule has 0 aliphatic carbocycles. The molecule has 31 heavy (non-hydrogen) atoms. The summed E-state index contributed by atoms with van der Waals surface area (Å²) in [6, 6.07) is 14.7. The van der Waals surface area contributed by atoms with Crippen LogP contribution in [0.1, 0.15) is 22.9 Å². The largest absolute Gasteiger partial charge is 0.444 e. The van der Waals surface area contributed by atoms with Crippen molar-refractivity contribution in [1.82, 2.24) is 20.5 Å². The monoisotopic (exact) mass is 537 g/mol. The highest BCUT2D eigenvalue weighted by atomic mass is 127. The number of aryl methyl sites for hydroxylation is 1. The first-order valence-corrected chi connectivity index (χ1v) is 9.84. The van der Waals surface area contributed by atoms with Gasteiger partial charge in [0.2, 0.25) is 5.89 Å². The summed E-state index contributed by atoms with van der Waals surface area (Å²) in [4.78, 5) is 10.8. The predicted octanol–water partition coefficient (Wildman–Crippen LogP) is 4.38. The molecule has 1 aromatic heterocycles. The second-order valence-corrected chi connectivity index (χ2v) is 7.35. The predicted molar refractivity (Wildman–Crippen MR) is 133 cm³/mol. The third kappa shape index (κ3) is 7.03. The second-order valence-electron chi connectivity index (χ2n) is 7.35. The van der Waals surface area contributed by atoms with Crippen molar-refractivity contribution in [3.05, 3.63) is 77.4 Å². The molecular formula is C23H29FIN5O. The van der Waals surface area contributed by atoms with Gasteiger partial charge in [-0.25, -0.2) is 9.37 Å². The van der Waals surface area contributed by atoms with Gasteiger partial charge in [0.1, 0.15) is 12.1 Å². The third-order valence-corrected chi connectivity index (χ3v) is 4.83. The van der Waals surface area contributed by atoms with Gasteiger partial charge < -0.3 is 20.0 Å². The highest BCUT2D eigenvalue weighted by Crippen LogP contribution is 2.19. The van der Waals surface area contributed by atoms with Gasteiger partial charge >= 0.3 is 0 Å². The molecule has 0 saturated heterocycles. The fourth-order valence-corrected chi connectivity index (χ4v) is 3.12. The van der Waals surface area contributed by atoms with Crippen molar-refractivity contribution in [2.45, 2.75) is 19.5 Å². The lowest BCUT2D eigenvalue weighted by Gasteiger charge is -2.26. The quantitative estimate of drug-likeness (QED) is 0.266. The lowest BCUT2D eigenvalue weighted by molar-refractivity contribution is 0.297. The topological polar surface area (TPSA) is 65.7 Å². The molecule has 1 atom stereocenters. The minimum atomic E-state index is -0.239. The number of oxazole rings is 1. The summed E-state index contributed by atoms with van der Waals surface area (Å²) in [6.45, 7) is 3.09. The van der Waals surface area contributed by atoms with Gasteiger partial charge in [0.05, 0.1) is 18.3 Å². The van der Waals surface area contributed by atoms with Gasteiger partial charge in [0, 0.05) is 19.2 Å². The minimum absolute atomic E-state index is 0. The third-order valence-electron chi connectivity index (χ3n) is 4.83. The SMILES string of the molecule is CN=C(NCc1coc(-c2ccc(C)cc2)n1)NCC(c1cccc(F)c1)N(C)C.I. The lowest BCUT2D eigenvalue weighted by Crippen LogP contribution is -2.41. The Hall–Kier alpha value is -2.46. The van der Waals surface area contributed by atoms with Crippen LogP contribution in [0.15, 0.2) is 64.2 Å². The molecule has 166 valence electrons. The van der Waals surface area contributed by atoms with E-state index in [1.165, 1.54) is 11.6 Å². The van der Waals surface area contributed by atoms with Crippen LogP contribution in [0.2, 0.25) is 0 Å². The smallest absolute Gasteiger partial charge is 0.226 e. The van der Waals surface area contributed by atoms with E-state index in [-0.39, 0.29) is 35.8 Å². The lowest BCUT2D eigenvalue weighted by atomic mass is 10.1. The first-order valence-electron chi connectivity index (χ1n) is 9.84. The van der Waals surface area contributed by atoms with Gasteiger partial charge in [-0.15, -0.1) is 24.0 Å². The molecule has 0 amide bonds. The number of hydrogen-bond acceptors (Lipinski definition) is 4. The standard InChI is InChI=1S/C23H28FN5O.HI/c1-16-8-10-17(11-9-16)22-28-20(15-30-22)13-26-23(25-2)27-14-21(29(3)4)18-6-5-7-19(24)12-18;/h5-12,15,21H,13-14H2,1-4H3,(H2,25,26,27);1H. The van der Waals surface area contributed by atoms with E-state index < -0.39 is 0 Å². The molecule has 8 heteroatoms. The molecule has 0 fully saturated rings. The van der Waals surface area contributed by atoms with Crippen molar-refractivity contribution < 1.29 is 8.81 Å². The molecule has 3 aromatic rings. The molecule has 6 nitrogen and oxygen atoms in total. The summed E-state index contributed by atoms with van der Waals surface area (Å²) in [5.74, 6) is 0.990. The molecule has 2 aromatic carbocycles. The number of halogens is 2. The Morgan fingerprint density at radius 2 is 1.90 bits per heavy atom. The molecule has 0 spiro atoms. The number of rotatable bonds is 7. The highest BCUT2D eigenvalue weighted by Gasteiger charge is 2.15. The van der Waals surface area contributed by atoms with Crippen molar-refractivity contribution in [1.29, 1.82) is 0 Å². The number of likely N-dealkylation sites (N-methyl/N-ethyl adjacent to an activating group) is 1. The molecular weight excluding hydrogens is 508 g/mol. The molecule has 0 aliphatic heterocycles. The zero-order valence-corrected chi connectivity index (χ0v) is 20.6. The highest BCUT2D eigenvalue weighted by molar-refractivity contribution is 14.0. The molecule has 0 bridgehead atoms. The van der Waals surface area contributed by atoms with Gasteiger partial charge in [-0.05, 0) is 50.8 Å². The molecule has 2 N–H and O–H groups in total. The average Bonchev–Trinajstić information content (AvgIpc) is 3.20. The van der Waals surface area contributed by atoms with Crippen LogP contribution in [0.5, 0.6) is 0 Å². The Bertz CT molecular complexity index is 988. The Kier molecular flexibility index (Phi) is 9.44. The van der Waals surface area contributed by atoms with Crippen LogP contribution in [0.4, 0.5) is 4.39 Å². The van der Waals surface area contributed by atoms with E-state index in [9.17, 15) is 4.39 Å². The Labute approximate surface area is 200 Å². The summed E-state index contributed by atoms with van der Waals surface area (Å²) < 4.78 is 19.2.